The molecule has 0 spiro atoms. The Morgan fingerprint density at radius 3 is 1.41 bits per heavy atom. The molecule has 0 atom stereocenters. The molecule has 3 heteroatoms. The van der Waals surface area contributed by atoms with Gasteiger partial charge in [0.05, 0.1) is 22.6 Å². The Bertz CT molecular complexity index is 2990. The van der Waals surface area contributed by atoms with Crippen LogP contribution in [0.5, 0.6) is 0 Å². The highest BCUT2D eigenvalue weighted by atomic mass is 14.9. The summed E-state index contributed by atoms with van der Waals surface area (Å²) < 4.78 is 0. The van der Waals surface area contributed by atoms with Crippen LogP contribution in [0.15, 0.2) is 212 Å². The second-order valence-electron chi connectivity index (χ2n) is 14.0. The zero-order valence-corrected chi connectivity index (χ0v) is 30.5. The topological polar surface area (TPSA) is 38.7 Å². The van der Waals surface area contributed by atoms with Gasteiger partial charge in [0.15, 0.2) is 5.82 Å². The van der Waals surface area contributed by atoms with Crippen molar-refractivity contribution in [1.82, 2.24) is 15.0 Å². The van der Waals surface area contributed by atoms with Crippen LogP contribution in [0, 0.1) is 0 Å². The fourth-order valence-corrected chi connectivity index (χ4v) is 7.64. The maximum atomic E-state index is 5.24. The Kier molecular flexibility index (Phi) is 8.51. The highest BCUT2D eigenvalue weighted by molar-refractivity contribution is 6.13. The molecule has 2 aromatic heterocycles. The van der Waals surface area contributed by atoms with Gasteiger partial charge in [-0.15, -0.1) is 0 Å². The summed E-state index contributed by atoms with van der Waals surface area (Å²) in [6.07, 6.45) is 0. The van der Waals surface area contributed by atoms with Gasteiger partial charge in [0.1, 0.15) is 0 Å². The molecule has 0 N–H and O–H groups in total. The predicted octanol–water partition coefficient (Wildman–Crippen LogP) is 13.8. The average molecular weight is 714 g/mol. The van der Waals surface area contributed by atoms with Crippen LogP contribution in [0.3, 0.4) is 0 Å². The summed E-state index contributed by atoms with van der Waals surface area (Å²) in [4.78, 5) is 15.5. The molecule has 0 aliphatic heterocycles. The van der Waals surface area contributed by atoms with Crippen molar-refractivity contribution in [2.75, 3.05) is 0 Å². The van der Waals surface area contributed by atoms with E-state index in [2.05, 4.69) is 188 Å². The van der Waals surface area contributed by atoms with Crippen LogP contribution in [0.4, 0.5) is 0 Å². The molecule has 0 unspecified atom stereocenters. The molecule has 3 nitrogen and oxygen atoms in total. The fourth-order valence-electron chi connectivity index (χ4n) is 7.64. The lowest BCUT2D eigenvalue weighted by molar-refractivity contribution is 1.18. The molecule has 0 saturated carbocycles. The highest BCUT2D eigenvalue weighted by Crippen LogP contribution is 2.38. The van der Waals surface area contributed by atoms with Gasteiger partial charge in [0, 0.05) is 27.6 Å². The number of hydrogen-bond acceptors (Lipinski definition) is 3. The molecule has 0 saturated heterocycles. The zero-order chi connectivity index (χ0) is 37.3. The first kappa shape index (κ1) is 33.1. The van der Waals surface area contributed by atoms with E-state index in [0.29, 0.717) is 5.82 Å². The van der Waals surface area contributed by atoms with Crippen LogP contribution in [-0.4, -0.2) is 15.0 Å². The first-order valence-electron chi connectivity index (χ1n) is 18.9. The molecule has 0 bridgehead atoms. The number of aromatic nitrogens is 3. The third-order valence-electron chi connectivity index (χ3n) is 10.5. The summed E-state index contributed by atoms with van der Waals surface area (Å²) in [7, 11) is 0. The van der Waals surface area contributed by atoms with Crippen molar-refractivity contribution in [1.29, 1.82) is 0 Å². The minimum absolute atomic E-state index is 0.688. The molecule has 56 heavy (non-hydrogen) atoms. The van der Waals surface area contributed by atoms with E-state index in [-0.39, 0.29) is 0 Å². The highest BCUT2D eigenvalue weighted by Gasteiger charge is 2.15. The largest absolute Gasteiger partial charge is 0.248 e. The van der Waals surface area contributed by atoms with E-state index in [9.17, 15) is 0 Å². The van der Waals surface area contributed by atoms with Crippen molar-refractivity contribution < 1.29 is 0 Å². The van der Waals surface area contributed by atoms with Gasteiger partial charge in [-0.2, -0.15) is 0 Å². The van der Waals surface area contributed by atoms with E-state index in [1.165, 1.54) is 32.8 Å². The molecule has 0 aliphatic rings. The average Bonchev–Trinajstić information content (AvgIpc) is 3.29. The van der Waals surface area contributed by atoms with Crippen molar-refractivity contribution in [2.24, 2.45) is 0 Å². The van der Waals surface area contributed by atoms with Crippen LogP contribution < -0.4 is 0 Å². The van der Waals surface area contributed by atoms with Crippen molar-refractivity contribution in [2.45, 2.75) is 0 Å². The lowest BCUT2D eigenvalue weighted by Gasteiger charge is -2.14. The summed E-state index contributed by atoms with van der Waals surface area (Å²) in [6, 6.07) is 74.5. The summed E-state index contributed by atoms with van der Waals surface area (Å²) in [6.45, 7) is 0. The Hall–Kier alpha value is -7.49. The molecular formula is C53H35N3. The number of hydrogen-bond donors (Lipinski definition) is 0. The van der Waals surface area contributed by atoms with E-state index in [4.69, 9.17) is 15.0 Å². The molecule has 0 radical (unpaired) electrons. The van der Waals surface area contributed by atoms with Crippen LogP contribution in [-0.2, 0) is 0 Å². The van der Waals surface area contributed by atoms with Crippen LogP contribution in [0.2, 0.25) is 0 Å². The van der Waals surface area contributed by atoms with Gasteiger partial charge >= 0.3 is 0 Å². The number of benzene rings is 8. The smallest absolute Gasteiger partial charge is 0.160 e. The summed E-state index contributed by atoms with van der Waals surface area (Å²) in [5, 5.41) is 3.60. The molecule has 10 rings (SSSR count). The second kappa shape index (κ2) is 14.4. The van der Waals surface area contributed by atoms with E-state index in [1.54, 1.807) is 0 Å². The zero-order valence-electron chi connectivity index (χ0n) is 30.5. The number of rotatable bonds is 7. The molecule has 0 fully saturated rings. The number of nitrogens with zero attached hydrogens (tertiary/aromatic N) is 3. The first-order chi connectivity index (χ1) is 27.7. The van der Waals surface area contributed by atoms with Gasteiger partial charge in [-0.3, -0.25) is 0 Å². The van der Waals surface area contributed by atoms with E-state index >= 15 is 0 Å². The van der Waals surface area contributed by atoms with Gasteiger partial charge in [-0.05, 0) is 74.5 Å². The van der Waals surface area contributed by atoms with Gasteiger partial charge < -0.3 is 0 Å². The standard InChI is InChI=1S/C53H35N3/c1-4-14-36(15-5-1)42-21-12-24-45(32-42)51-35-50(40-19-8-3-9-20-40)55-53(56-51)41-28-26-37(27-29-41)43-22-13-23-44(33-43)49-34-47(38-16-6-2-7-17-38)52-46-25-11-10-18-39(46)30-31-48(52)54-49/h1-35H. The maximum absolute atomic E-state index is 5.24. The number of pyridine rings is 1. The molecule has 0 amide bonds. The molecule has 0 aliphatic carbocycles. The van der Waals surface area contributed by atoms with Crippen molar-refractivity contribution >= 4 is 21.7 Å². The van der Waals surface area contributed by atoms with Crippen molar-refractivity contribution in [3.8, 4) is 78.5 Å². The molecular weight excluding hydrogens is 679 g/mol. The summed E-state index contributed by atoms with van der Waals surface area (Å²) >= 11 is 0. The molecule has 2 heterocycles. The normalized spacial score (nSPS) is 11.2. The lowest BCUT2D eigenvalue weighted by atomic mass is 9.94. The Balaban J connectivity index is 1.03. The molecule has 262 valence electrons. The monoisotopic (exact) mass is 713 g/mol. The molecule has 10 aromatic rings. The summed E-state index contributed by atoms with van der Waals surface area (Å²) in [5.74, 6) is 0.688. The quantitative estimate of drug-likeness (QED) is 0.154. The van der Waals surface area contributed by atoms with E-state index in [1.807, 2.05) is 24.3 Å². The van der Waals surface area contributed by atoms with Gasteiger partial charge in [-0.25, -0.2) is 15.0 Å². The maximum Gasteiger partial charge on any atom is 0.160 e. The fraction of sp³-hybridized carbons (Fsp3) is 0. The third-order valence-corrected chi connectivity index (χ3v) is 10.5. The Morgan fingerprint density at radius 1 is 0.268 bits per heavy atom. The Labute approximate surface area is 326 Å². The molecule has 8 aromatic carbocycles. The SMILES string of the molecule is c1ccc(-c2cccc(-c3cc(-c4ccccc4)nc(-c4ccc(-c5cccc(-c6cc(-c7ccccc7)c7c(ccc8ccccc87)n6)c5)cc4)n3)c2)cc1. The van der Waals surface area contributed by atoms with Crippen molar-refractivity contribution in [3.05, 3.63) is 212 Å². The van der Waals surface area contributed by atoms with Gasteiger partial charge in [0.2, 0.25) is 0 Å². The van der Waals surface area contributed by atoms with Crippen LogP contribution in [0.25, 0.3) is 100 Å². The third kappa shape index (κ3) is 6.42. The lowest BCUT2D eigenvalue weighted by Crippen LogP contribution is -1.96. The second-order valence-corrected chi connectivity index (χ2v) is 14.0. The first-order valence-corrected chi connectivity index (χ1v) is 18.9. The van der Waals surface area contributed by atoms with Gasteiger partial charge in [-0.1, -0.05) is 182 Å². The van der Waals surface area contributed by atoms with Gasteiger partial charge in [0.25, 0.3) is 0 Å². The predicted molar refractivity (Wildman–Crippen MR) is 233 cm³/mol. The summed E-state index contributed by atoms with van der Waals surface area (Å²) in [5.41, 5.74) is 14.7. The minimum Gasteiger partial charge on any atom is -0.248 e. The van der Waals surface area contributed by atoms with Crippen LogP contribution in [0.1, 0.15) is 0 Å². The number of fused-ring (bicyclic) bond motifs is 3. The Morgan fingerprint density at radius 2 is 0.750 bits per heavy atom. The van der Waals surface area contributed by atoms with E-state index in [0.717, 1.165) is 61.5 Å². The van der Waals surface area contributed by atoms with Crippen molar-refractivity contribution in [3.63, 3.8) is 0 Å². The minimum atomic E-state index is 0.688. The van der Waals surface area contributed by atoms with E-state index < -0.39 is 0 Å². The van der Waals surface area contributed by atoms with Crippen LogP contribution >= 0.6 is 0 Å².